The summed E-state index contributed by atoms with van der Waals surface area (Å²) in [6, 6.07) is 6.53. The SMILES string of the molecule is Cc1nnsc1C(=O)NC1CCN2C(=O)N(c3ccc(C(C)C)cc3)C(=O)C2C1. The van der Waals surface area contributed by atoms with Gasteiger partial charge >= 0.3 is 6.03 Å². The minimum absolute atomic E-state index is 0.176. The van der Waals surface area contributed by atoms with Gasteiger partial charge in [-0.2, -0.15) is 0 Å². The van der Waals surface area contributed by atoms with Crippen LogP contribution in [0.2, 0.25) is 0 Å². The molecule has 0 radical (unpaired) electrons. The second-order valence-electron chi connectivity index (χ2n) is 7.79. The molecule has 152 valence electrons. The molecule has 2 aromatic rings. The number of piperidine rings is 1. The second kappa shape index (κ2) is 7.55. The summed E-state index contributed by atoms with van der Waals surface area (Å²) in [5.74, 6) is -0.0853. The van der Waals surface area contributed by atoms with Gasteiger partial charge in [-0.05, 0) is 54.9 Å². The maximum absolute atomic E-state index is 13.0. The Labute approximate surface area is 173 Å². The first kappa shape index (κ1) is 19.5. The van der Waals surface area contributed by atoms with Gasteiger partial charge in [0, 0.05) is 12.6 Å². The predicted octanol–water partition coefficient (Wildman–Crippen LogP) is 2.70. The Morgan fingerprint density at radius 1 is 1.24 bits per heavy atom. The number of hydrogen-bond donors (Lipinski definition) is 1. The van der Waals surface area contributed by atoms with Crippen LogP contribution in [-0.2, 0) is 4.79 Å². The zero-order valence-electron chi connectivity index (χ0n) is 16.6. The number of urea groups is 1. The van der Waals surface area contributed by atoms with Crippen molar-refractivity contribution in [2.24, 2.45) is 0 Å². The molecule has 1 N–H and O–H groups in total. The van der Waals surface area contributed by atoms with Crippen molar-refractivity contribution in [3.63, 3.8) is 0 Å². The molecular formula is C20H23N5O3S. The highest BCUT2D eigenvalue weighted by atomic mass is 32.1. The van der Waals surface area contributed by atoms with E-state index in [0.717, 1.165) is 17.1 Å². The molecule has 9 heteroatoms. The molecule has 8 nitrogen and oxygen atoms in total. The summed E-state index contributed by atoms with van der Waals surface area (Å²) < 4.78 is 3.79. The van der Waals surface area contributed by atoms with Gasteiger partial charge in [0.05, 0.1) is 11.4 Å². The van der Waals surface area contributed by atoms with Crippen LogP contribution in [0.4, 0.5) is 10.5 Å². The number of amides is 4. The molecule has 4 amide bonds. The van der Waals surface area contributed by atoms with Crippen LogP contribution in [0, 0.1) is 6.92 Å². The van der Waals surface area contributed by atoms with Crippen LogP contribution in [0.3, 0.4) is 0 Å². The van der Waals surface area contributed by atoms with E-state index in [0.29, 0.717) is 41.6 Å². The zero-order chi connectivity index (χ0) is 20.7. The molecule has 0 saturated carbocycles. The third-order valence-electron chi connectivity index (χ3n) is 5.56. The smallest absolute Gasteiger partial charge is 0.332 e. The molecule has 2 unspecified atom stereocenters. The Bertz CT molecular complexity index is 955. The first-order chi connectivity index (χ1) is 13.9. The fraction of sp³-hybridized carbons (Fsp3) is 0.450. The van der Waals surface area contributed by atoms with Crippen LogP contribution in [0.25, 0.3) is 0 Å². The number of anilines is 1. The summed E-state index contributed by atoms with van der Waals surface area (Å²) in [4.78, 5) is 41.7. The third-order valence-corrected chi connectivity index (χ3v) is 6.38. The van der Waals surface area contributed by atoms with E-state index in [-0.39, 0.29) is 23.9 Å². The normalized spacial score (nSPS) is 21.7. The van der Waals surface area contributed by atoms with Crippen LogP contribution in [0.5, 0.6) is 0 Å². The van der Waals surface area contributed by atoms with Gasteiger partial charge in [-0.25, -0.2) is 9.69 Å². The van der Waals surface area contributed by atoms with Gasteiger partial charge in [0.15, 0.2) is 0 Å². The van der Waals surface area contributed by atoms with Gasteiger partial charge in [-0.15, -0.1) is 5.10 Å². The first-order valence-electron chi connectivity index (χ1n) is 9.71. The summed E-state index contributed by atoms with van der Waals surface area (Å²) in [6.07, 6.45) is 1.01. The summed E-state index contributed by atoms with van der Waals surface area (Å²) in [6.45, 7) is 6.36. The van der Waals surface area contributed by atoms with Crippen molar-refractivity contribution in [1.29, 1.82) is 0 Å². The lowest BCUT2D eigenvalue weighted by Crippen LogP contribution is -2.49. The summed E-state index contributed by atoms with van der Waals surface area (Å²) in [7, 11) is 0. The molecule has 2 saturated heterocycles. The van der Waals surface area contributed by atoms with Gasteiger partial charge in [-0.3, -0.25) is 9.59 Å². The molecule has 2 fully saturated rings. The number of nitrogens with one attached hydrogen (secondary N) is 1. The summed E-state index contributed by atoms with van der Waals surface area (Å²) in [5.41, 5.74) is 2.33. The Morgan fingerprint density at radius 3 is 2.59 bits per heavy atom. The van der Waals surface area contributed by atoms with Gasteiger partial charge in [0.25, 0.3) is 11.8 Å². The third kappa shape index (κ3) is 3.50. The maximum Gasteiger partial charge on any atom is 0.332 e. The van der Waals surface area contributed by atoms with Crippen molar-refractivity contribution in [3.8, 4) is 0 Å². The number of carbonyl (C=O) groups excluding carboxylic acids is 3. The van der Waals surface area contributed by atoms with Crippen LogP contribution in [-0.4, -0.2) is 51.0 Å². The molecule has 2 atom stereocenters. The van der Waals surface area contributed by atoms with E-state index in [2.05, 4.69) is 28.8 Å². The highest BCUT2D eigenvalue weighted by Gasteiger charge is 2.48. The quantitative estimate of drug-likeness (QED) is 0.778. The molecule has 1 aromatic carbocycles. The topological polar surface area (TPSA) is 95.5 Å². The van der Waals surface area contributed by atoms with Crippen molar-refractivity contribution in [3.05, 3.63) is 40.4 Å². The number of aryl methyl sites for hydroxylation is 1. The van der Waals surface area contributed by atoms with Crippen LogP contribution in [0.15, 0.2) is 24.3 Å². The molecule has 3 heterocycles. The van der Waals surface area contributed by atoms with E-state index < -0.39 is 6.04 Å². The fourth-order valence-corrected chi connectivity index (χ4v) is 4.43. The number of carbonyl (C=O) groups is 3. The van der Waals surface area contributed by atoms with Gasteiger partial charge in [0.2, 0.25) is 0 Å². The lowest BCUT2D eigenvalue weighted by Gasteiger charge is -2.32. The van der Waals surface area contributed by atoms with Crippen LogP contribution < -0.4 is 10.2 Å². The van der Waals surface area contributed by atoms with E-state index in [1.807, 2.05) is 24.3 Å². The molecule has 29 heavy (non-hydrogen) atoms. The number of nitrogens with zero attached hydrogens (tertiary/aromatic N) is 4. The fourth-order valence-electron chi connectivity index (χ4n) is 3.87. The van der Waals surface area contributed by atoms with E-state index in [4.69, 9.17) is 0 Å². The number of benzene rings is 1. The average molecular weight is 414 g/mol. The lowest BCUT2D eigenvalue weighted by atomic mass is 9.97. The standard InChI is InChI=1S/C20H23N5O3S/c1-11(2)13-4-6-15(7-5-13)25-19(27)16-10-14(8-9-24(16)20(25)28)21-18(26)17-12(3)22-23-29-17/h4-7,11,14,16H,8-10H2,1-3H3,(H,21,26). The molecule has 0 spiro atoms. The number of imide groups is 1. The average Bonchev–Trinajstić information content (AvgIpc) is 3.23. The maximum atomic E-state index is 13.0. The predicted molar refractivity (Wildman–Crippen MR) is 109 cm³/mol. The minimum atomic E-state index is -0.549. The second-order valence-corrected chi connectivity index (χ2v) is 8.55. The van der Waals surface area contributed by atoms with Crippen molar-refractivity contribution in [1.82, 2.24) is 19.8 Å². The van der Waals surface area contributed by atoms with Crippen molar-refractivity contribution >= 4 is 35.1 Å². The Balaban J connectivity index is 1.48. The Kier molecular flexibility index (Phi) is 5.08. The molecular weight excluding hydrogens is 390 g/mol. The van der Waals surface area contributed by atoms with E-state index in [1.165, 1.54) is 4.90 Å². The molecule has 1 aromatic heterocycles. The number of fused-ring (bicyclic) bond motifs is 1. The van der Waals surface area contributed by atoms with Gasteiger partial charge in [-0.1, -0.05) is 30.5 Å². The van der Waals surface area contributed by atoms with Crippen LogP contribution in [0.1, 0.15) is 53.5 Å². The Hall–Kier alpha value is -2.81. The molecule has 4 rings (SSSR count). The molecule has 2 aliphatic rings. The van der Waals surface area contributed by atoms with E-state index in [9.17, 15) is 14.4 Å². The summed E-state index contributed by atoms with van der Waals surface area (Å²) in [5, 5.41) is 6.83. The van der Waals surface area contributed by atoms with Crippen molar-refractivity contribution < 1.29 is 14.4 Å². The molecule has 0 bridgehead atoms. The number of hydrogen-bond acceptors (Lipinski definition) is 6. The largest absolute Gasteiger partial charge is 0.348 e. The summed E-state index contributed by atoms with van der Waals surface area (Å²) >= 11 is 1.05. The van der Waals surface area contributed by atoms with Crippen LogP contribution >= 0.6 is 11.5 Å². The number of rotatable bonds is 4. The number of aromatic nitrogens is 2. The monoisotopic (exact) mass is 413 g/mol. The van der Waals surface area contributed by atoms with Gasteiger partial charge < -0.3 is 10.2 Å². The van der Waals surface area contributed by atoms with E-state index in [1.54, 1.807) is 11.8 Å². The molecule has 2 aliphatic heterocycles. The Morgan fingerprint density at radius 2 is 1.97 bits per heavy atom. The molecule has 0 aliphatic carbocycles. The zero-order valence-corrected chi connectivity index (χ0v) is 17.4. The highest BCUT2D eigenvalue weighted by Crippen LogP contribution is 2.31. The first-order valence-corrected chi connectivity index (χ1v) is 10.5. The van der Waals surface area contributed by atoms with E-state index >= 15 is 0 Å². The van der Waals surface area contributed by atoms with Gasteiger partial charge in [0.1, 0.15) is 10.9 Å². The van der Waals surface area contributed by atoms with Crippen molar-refractivity contribution in [2.45, 2.75) is 51.6 Å². The minimum Gasteiger partial charge on any atom is -0.348 e. The lowest BCUT2D eigenvalue weighted by molar-refractivity contribution is -0.120. The van der Waals surface area contributed by atoms with Crippen molar-refractivity contribution in [2.75, 3.05) is 11.4 Å². The highest BCUT2D eigenvalue weighted by molar-refractivity contribution is 7.08.